The largest absolute Gasteiger partial charge is 0.436 e. The molecule has 0 aliphatic rings. The third kappa shape index (κ3) is 5.82. The zero-order valence-electron chi connectivity index (χ0n) is 28.9. The molecule has 4 aromatic heterocycles. The number of oxazole rings is 2. The molecule has 0 aliphatic heterocycles. The molecule has 0 atom stereocenters. The van der Waals surface area contributed by atoms with E-state index in [4.69, 9.17) is 18.8 Å². The van der Waals surface area contributed by atoms with Crippen LogP contribution in [0.25, 0.3) is 101 Å². The molecule has 6 nitrogen and oxygen atoms in total. The average molecular weight is 695 g/mol. The summed E-state index contributed by atoms with van der Waals surface area (Å²) in [7, 11) is 0. The maximum absolute atomic E-state index is 6.16. The number of fused-ring (bicyclic) bond motifs is 2. The van der Waals surface area contributed by atoms with Crippen LogP contribution >= 0.6 is 0 Å². The van der Waals surface area contributed by atoms with Crippen LogP contribution in [0.1, 0.15) is 0 Å². The molecule has 0 unspecified atom stereocenters. The maximum Gasteiger partial charge on any atom is 0.227 e. The molecule has 0 radical (unpaired) electrons. The van der Waals surface area contributed by atoms with E-state index < -0.39 is 0 Å². The number of aromatic nitrogens is 4. The molecule has 0 N–H and O–H groups in total. The molecule has 254 valence electrons. The van der Waals surface area contributed by atoms with E-state index in [1.807, 2.05) is 84.9 Å². The van der Waals surface area contributed by atoms with Crippen molar-refractivity contribution in [3.05, 3.63) is 182 Å². The van der Waals surface area contributed by atoms with Crippen molar-refractivity contribution >= 4 is 22.2 Å². The summed E-state index contributed by atoms with van der Waals surface area (Å²) < 4.78 is 12.1. The van der Waals surface area contributed by atoms with Crippen molar-refractivity contribution in [2.75, 3.05) is 0 Å². The lowest BCUT2D eigenvalue weighted by molar-refractivity contribution is 0.619. The Hall–Kier alpha value is -7.44. The first-order chi connectivity index (χ1) is 26.7. The summed E-state index contributed by atoms with van der Waals surface area (Å²) in [6.45, 7) is 0. The van der Waals surface area contributed by atoms with Crippen LogP contribution in [0.2, 0.25) is 0 Å². The van der Waals surface area contributed by atoms with Crippen LogP contribution in [0, 0.1) is 0 Å². The first-order valence-electron chi connectivity index (χ1n) is 17.8. The molecule has 10 rings (SSSR count). The lowest BCUT2D eigenvalue weighted by atomic mass is 9.94. The van der Waals surface area contributed by atoms with E-state index in [0.29, 0.717) is 11.8 Å². The number of benzene rings is 6. The van der Waals surface area contributed by atoms with Gasteiger partial charge in [0.05, 0.1) is 17.1 Å². The Morgan fingerprint density at radius 2 is 0.833 bits per heavy atom. The van der Waals surface area contributed by atoms with E-state index >= 15 is 0 Å². The van der Waals surface area contributed by atoms with E-state index in [1.165, 1.54) is 0 Å². The molecule has 0 saturated heterocycles. The number of para-hydroxylation sites is 4. The average Bonchev–Trinajstić information content (AvgIpc) is 3.89. The third-order valence-corrected chi connectivity index (χ3v) is 9.70. The Labute approximate surface area is 311 Å². The maximum atomic E-state index is 6.16. The number of nitrogens with zero attached hydrogens (tertiary/aromatic N) is 4. The van der Waals surface area contributed by atoms with Gasteiger partial charge >= 0.3 is 0 Å². The lowest BCUT2D eigenvalue weighted by Gasteiger charge is -2.14. The van der Waals surface area contributed by atoms with Gasteiger partial charge < -0.3 is 8.83 Å². The van der Waals surface area contributed by atoms with Crippen molar-refractivity contribution in [2.45, 2.75) is 0 Å². The first-order valence-corrected chi connectivity index (χ1v) is 17.8. The topological polar surface area (TPSA) is 77.8 Å². The second kappa shape index (κ2) is 13.3. The Morgan fingerprint density at radius 1 is 0.315 bits per heavy atom. The lowest BCUT2D eigenvalue weighted by Crippen LogP contribution is -1.94. The van der Waals surface area contributed by atoms with Gasteiger partial charge in [-0.2, -0.15) is 0 Å². The van der Waals surface area contributed by atoms with Gasteiger partial charge in [-0.3, -0.25) is 4.98 Å². The van der Waals surface area contributed by atoms with Gasteiger partial charge in [0.25, 0.3) is 0 Å². The van der Waals surface area contributed by atoms with Gasteiger partial charge in [-0.15, -0.1) is 0 Å². The Bertz CT molecular complexity index is 2850. The van der Waals surface area contributed by atoms with E-state index in [-0.39, 0.29) is 0 Å². The summed E-state index contributed by atoms with van der Waals surface area (Å²) in [5.74, 6) is 1.22. The smallest absolute Gasteiger partial charge is 0.227 e. The molecule has 0 saturated carbocycles. The van der Waals surface area contributed by atoms with E-state index in [0.717, 1.165) is 89.4 Å². The SMILES string of the molecule is c1ccc(-c2ccc(-c3ccc(-c4ccccc4-c4nc5ccccc5o4)cc3)c(-c3ccc(-c4ccc(-c5nc6ccccc6o5)cc4)cc3)n2)nc1. The minimum absolute atomic E-state index is 0.607. The summed E-state index contributed by atoms with van der Waals surface area (Å²) in [6, 6.07) is 59.5. The zero-order chi connectivity index (χ0) is 35.8. The van der Waals surface area contributed by atoms with Crippen LogP contribution in [0.15, 0.2) is 191 Å². The van der Waals surface area contributed by atoms with Crippen LogP contribution in [-0.2, 0) is 0 Å². The third-order valence-electron chi connectivity index (χ3n) is 9.70. The summed E-state index contributed by atoms with van der Waals surface area (Å²) in [5, 5.41) is 0. The number of rotatable bonds is 7. The minimum Gasteiger partial charge on any atom is -0.436 e. The fourth-order valence-electron chi connectivity index (χ4n) is 6.93. The Balaban J connectivity index is 0.985. The second-order valence-electron chi connectivity index (χ2n) is 13.1. The molecule has 6 aromatic carbocycles. The van der Waals surface area contributed by atoms with Gasteiger partial charge in [-0.1, -0.05) is 109 Å². The molecule has 0 aliphatic carbocycles. The van der Waals surface area contributed by atoms with Gasteiger partial charge in [0, 0.05) is 28.5 Å². The fraction of sp³-hybridized carbons (Fsp3) is 0. The van der Waals surface area contributed by atoms with Crippen molar-refractivity contribution < 1.29 is 8.83 Å². The highest BCUT2D eigenvalue weighted by Gasteiger charge is 2.16. The molecule has 0 bridgehead atoms. The highest BCUT2D eigenvalue weighted by Crippen LogP contribution is 2.38. The summed E-state index contributed by atoms with van der Waals surface area (Å²) in [5.41, 5.74) is 15.1. The fourth-order valence-corrected chi connectivity index (χ4v) is 6.93. The molecular formula is C48H30N4O2. The monoisotopic (exact) mass is 694 g/mol. The molecule has 54 heavy (non-hydrogen) atoms. The first kappa shape index (κ1) is 31.3. The highest BCUT2D eigenvalue weighted by atomic mass is 16.4. The van der Waals surface area contributed by atoms with Crippen LogP contribution < -0.4 is 0 Å². The summed E-state index contributed by atoms with van der Waals surface area (Å²) in [4.78, 5) is 19.2. The normalized spacial score (nSPS) is 11.3. The number of hydrogen-bond donors (Lipinski definition) is 0. The molecule has 0 spiro atoms. The van der Waals surface area contributed by atoms with Crippen molar-refractivity contribution in [3.63, 3.8) is 0 Å². The molecule has 10 aromatic rings. The van der Waals surface area contributed by atoms with Crippen molar-refractivity contribution in [1.29, 1.82) is 0 Å². The van der Waals surface area contributed by atoms with Gasteiger partial charge in [0.15, 0.2) is 11.2 Å². The van der Waals surface area contributed by atoms with Gasteiger partial charge in [-0.05, 0) is 94.5 Å². The van der Waals surface area contributed by atoms with Gasteiger partial charge in [-0.25, -0.2) is 15.0 Å². The second-order valence-corrected chi connectivity index (χ2v) is 13.1. The highest BCUT2D eigenvalue weighted by molar-refractivity contribution is 5.87. The Kier molecular flexibility index (Phi) is 7.69. The van der Waals surface area contributed by atoms with E-state index in [2.05, 4.69) is 101 Å². The van der Waals surface area contributed by atoms with E-state index in [9.17, 15) is 0 Å². The van der Waals surface area contributed by atoms with Gasteiger partial charge in [0.2, 0.25) is 11.8 Å². The quantitative estimate of drug-likeness (QED) is 0.165. The summed E-state index contributed by atoms with van der Waals surface area (Å²) in [6.07, 6.45) is 1.80. The molecular weight excluding hydrogens is 665 g/mol. The van der Waals surface area contributed by atoms with Crippen LogP contribution in [-0.4, -0.2) is 19.9 Å². The predicted molar refractivity (Wildman–Crippen MR) is 215 cm³/mol. The molecule has 6 heteroatoms. The minimum atomic E-state index is 0.607. The predicted octanol–water partition coefficient (Wildman–Crippen LogP) is 12.4. The van der Waals surface area contributed by atoms with Crippen LogP contribution in [0.4, 0.5) is 0 Å². The van der Waals surface area contributed by atoms with Crippen molar-refractivity contribution in [1.82, 2.24) is 19.9 Å². The van der Waals surface area contributed by atoms with Crippen LogP contribution in [0.5, 0.6) is 0 Å². The van der Waals surface area contributed by atoms with Gasteiger partial charge in [0.1, 0.15) is 11.0 Å². The van der Waals surface area contributed by atoms with Crippen molar-refractivity contribution in [2.24, 2.45) is 0 Å². The Morgan fingerprint density at radius 3 is 1.48 bits per heavy atom. The number of hydrogen-bond acceptors (Lipinski definition) is 6. The standard InChI is InChI=1S/C48H30N4O2/c1-2-10-39(48-52-43-13-4-6-15-45(43)54-48)37(9-1)33-20-22-34(23-21-33)38-28-29-41(40-11-7-8-30-49-40)50-46(38)35-24-16-31(17-25-35)32-18-26-36(27-19-32)47-51-42-12-3-5-14-44(42)53-47/h1-30H. The molecule has 0 amide bonds. The van der Waals surface area contributed by atoms with Crippen LogP contribution in [0.3, 0.4) is 0 Å². The van der Waals surface area contributed by atoms with Crippen molar-refractivity contribution in [3.8, 4) is 78.9 Å². The van der Waals surface area contributed by atoms with E-state index in [1.54, 1.807) is 6.20 Å². The number of pyridine rings is 2. The summed E-state index contributed by atoms with van der Waals surface area (Å²) >= 11 is 0. The molecule has 4 heterocycles. The zero-order valence-corrected chi connectivity index (χ0v) is 28.9. The molecule has 0 fully saturated rings.